The van der Waals surface area contributed by atoms with E-state index in [2.05, 4.69) is 15.5 Å². The molecule has 0 saturated carbocycles. The molecular weight excluding hydrogens is 304 g/mol. The normalized spacial score (nSPS) is 11.0. The van der Waals surface area contributed by atoms with E-state index < -0.39 is 0 Å². The van der Waals surface area contributed by atoms with Crippen LogP contribution in [0.5, 0.6) is 0 Å². The molecular formula is C18H14N4O2. The second kappa shape index (κ2) is 5.34. The SMILES string of the molecule is CC(=O)c1cccc(Nc2nc3ccccc3c3onc(N)c23)c1. The average Bonchev–Trinajstić information content (AvgIpc) is 2.98. The lowest BCUT2D eigenvalue weighted by Gasteiger charge is -2.09. The van der Waals surface area contributed by atoms with Gasteiger partial charge in [0.15, 0.2) is 17.2 Å². The predicted octanol–water partition coefficient (Wildman–Crippen LogP) is 3.90. The summed E-state index contributed by atoms with van der Waals surface area (Å²) in [7, 11) is 0. The molecule has 118 valence electrons. The zero-order valence-electron chi connectivity index (χ0n) is 12.9. The Morgan fingerprint density at radius 2 is 2.00 bits per heavy atom. The molecule has 0 fully saturated rings. The molecule has 2 aromatic carbocycles. The van der Waals surface area contributed by atoms with E-state index in [1.807, 2.05) is 36.4 Å². The fraction of sp³-hybridized carbons (Fsp3) is 0.0556. The van der Waals surface area contributed by atoms with Gasteiger partial charge in [0.05, 0.1) is 5.52 Å². The number of rotatable bonds is 3. The Labute approximate surface area is 137 Å². The lowest BCUT2D eigenvalue weighted by atomic mass is 10.1. The van der Waals surface area contributed by atoms with Gasteiger partial charge in [-0.25, -0.2) is 4.98 Å². The van der Waals surface area contributed by atoms with Gasteiger partial charge < -0.3 is 15.6 Å². The van der Waals surface area contributed by atoms with Gasteiger partial charge in [0.2, 0.25) is 0 Å². The molecule has 0 radical (unpaired) electrons. The Morgan fingerprint density at radius 3 is 2.83 bits per heavy atom. The van der Waals surface area contributed by atoms with Crippen molar-refractivity contribution in [1.82, 2.24) is 10.1 Å². The molecule has 4 rings (SSSR count). The summed E-state index contributed by atoms with van der Waals surface area (Å²) < 4.78 is 5.39. The minimum Gasteiger partial charge on any atom is -0.380 e. The van der Waals surface area contributed by atoms with Crippen molar-refractivity contribution in [2.45, 2.75) is 6.92 Å². The molecule has 0 aliphatic heterocycles. The van der Waals surface area contributed by atoms with Crippen LogP contribution in [-0.2, 0) is 0 Å². The molecule has 2 aromatic heterocycles. The maximum Gasteiger partial charge on any atom is 0.182 e. The number of nitrogens with zero attached hydrogens (tertiary/aromatic N) is 2. The van der Waals surface area contributed by atoms with E-state index in [4.69, 9.17) is 10.3 Å². The highest BCUT2D eigenvalue weighted by molar-refractivity contribution is 6.11. The summed E-state index contributed by atoms with van der Waals surface area (Å²) in [6.45, 7) is 1.53. The van der Waals surface area contributed by atoms with Crippen molar-refractivity contribution in [3.8, 4) is 0 Å². The molecule has 2 heterocycles. The monoisotopic (exact) mass is 318 g/mol. The largest absolute Gasteiger partial charge is 0.380 e. The number of ketones is 1. The number of nitrogens with one attached hydrogen (secondary N) is 1. The number of aromatic nitrogens is 2. The molecule has 0 aliphatic carbocycles. The number of para-hydroxylation sites is 1. The van der Waals surface area contributed by atoms with Crippen LogP contribution < -0.4 is 11.1 Å². The third kappa shape index (κ3) is 2.25. The Bertz CT molecular complexity index is 1080. The number of carbonyl (C=O) groups is 1. The molecule has 0 aliphatic rings. The molecule has 0 spiro atoms. The molecule has 0 atom stereocenters. The van der Waals surface area contributed by atoms with Crippen molar-refractivity contribution < 1.29 is 9.32 Å². The molecule has 6 heteroatoms. The van der Waals surface area contributed by atoms with Gasteiger partial charge in [-0.1, -0.05) is 29.4 Å². The Kier molecular flexibility index (Phi) is 3.16. The van der Waals surface area contributed by atoms with E-state index >= 15 is 0 Å². The summed E-state index contributed by atoms with van der Waals surface area (Å²) in [6, 6.07) is 14.8. The molecule has 0 bridgehead atoms. The molecule has 0 unspecified atom stereocenters. The fourth-order valence-electron chi connectivity index (χ4n) is 2.70. The van der Waals surface area contributed by atoms with E-state index in [-0.39, 0.29) is 11.6 Å². The standard InChI is InChI=1S/C18H14N4O2/c1-10(23)11-5-4-6-12(9-11)20-18-15-16(24-22-17(15)19)13-7-2-3-8-14(13)21-18/h2-9H,1H3,(H2,19,22)(H,20,21). The molecule has 0 saturated heterocycles. The van der Waals surface area contributed by atoms with Crippen molar-refractivity contribution in [2.75, 3.05) is 11.1 Å². The predicted molar refractivity (Wildman–Crippen MR) is 93.5 cm³/mol. The number of nitrogens with two attached hydrogens (primary N) is 1. The number of Topliss-reactive ketones (excluding diaryl/α,β-unsaturated/α-hetero) is 1. The summed E-state index contributed by atoms with van der Waals surface area (Å²) in [4.78, 5) is 16.2. The summed E-state index contributed by atoms with van der Waals surface area (Å²) >= 11 is 0. The van der Waals surface area contributed by atoms with Gasteiger partial charge in [0.25, 0.3) is 0 Å². The van der Waals surface area contributed by atoms with Crippen molar-refractivity contribution in [3.05, 3.63) is 54.1 Å². The van der Waals surface area contributed by atoms with Crippen LogP contribution in [0.25, 0.3) is 21.9 Å². The maximum atomic E-state index is 11.6. The Hall–Kier alpha value is -3.41. The number of hydrogen-bond donors (Lipinski definition) is 2. The van der Waals surface area contributed by atoms with E-state index in [0.717, 1.165) is 16.6 Å². The number of hydrogen-bond acceptors (Lipinski definition) is 6. The topological polar surface area (TPSA) is 94.0 Å². The van der Waals surface area contributed by atoms with E-state index in [1.54, 1.807) is 12.1 Å². The van der Waals surface area contributed by atoms with Crippen LogP contribution in [-0.4, -0.2) is 15.9 Å². The summed E-state index contributed by atoms with van der Waals surface area (Å²) in [5.74, 6) is 0.816. The van der Waals surface area contributed by atoms with Crippen LogP contribution in [0.3, 0.4) is 0 Å². The first-order valence-corrected chi connectivity index (χ1v) is 7.45. The van der Waals surface area contributed by atoms with Gasteiger partial charge in [-0.2, -0.15) is 0 Å². The van der Waals surface area contributed by atoms with E-state index in [0.29, 0.717) is 22.4 Å². The lowest BCUT2D eigenvalue weighted by molar-refractivity contribution is 0.101. The van der Waals surface area contributed by atoms with Crippen molar-refractivity contribution in [2.24, 2.45) is 0 Å². The Morgan fingerprint density at radius 1 is 1.17 bits per heavy atom. The molecule has 3 N–H and O–H groups in total. The Balaban J connectivity index is 1.90. The second-order valence-corrected chi connectivity index (χ2v) is 5.51. The third-order valence-corrected chi connectivity index (χ3v) is 3.87. The zero-order valence-corrected chi connectivity index (χ0v) is 12.9. The molecule has 4 aromatic rings. The quantitative estimate of drug-likeness (QED) is 0.556. The number of fused-ring (bicyclic) bond motifs is 3. The van der Waals surface area contributed by atoms with Crippen LogP contribution in [0, 0.1) is 0 Å². The smallest absolute Gasteiger partial charge is 0.182 e. The summed E-state index contributed by atoms with van der Waals surface area (Å²) in [5, 5.41) is 8.55. The van der Waals surface area contributed by atoms with E-state index in [1.165, 1.54) is 6.92 Å². The van der Waals surface area contributed by atoms with E-state index in [9.17, 15) is 4.79 Å². The van der Waals surface area contributed by atoms with Crippen molar-refractivity contribution >= 4 is 45.0 Å². The minimum absolute atomic E-state index is 0.000223. The molecule has 0 amide bonds. The number of anilines is 3. The van der Waals surface area contributed by atoms with Crippen LogP contribution in [0.2, 0.25) is 0 Å². The second-order valence-electron chi connectivity index (χ2n) is 5.51. The van der Waals surface area contributed by atoms with Crippen LogP contribution in [0.4, 0.5) is 17.3 Å². The van der Waals surface area contributed by atoms with Crippen LogP contribution in [0.15, 0.2) is 53.1 Å². The number of benzene rings is 2. The van der Waals surface area contributed by atoms with Gasteiger partial charge in [-0.3, -0.25) is 4.79 Å². The number of nitrogen functional groups attached to an aromatic ring is 1. The first-order valence-electron chi connectivity index (χ1n) is 7.45. The van der Waals surface area contributed by atoms with Gasteiger partial charge in [0, 0.05) is 16.6 Å². The van der Waals surface area contributed by atoms with Crippen molar-refractivity contribution in [3.63, 3.8) is 0 Å². The van der Waals surface area contributed by atoms with Crippen molar-refractivity contribution in [1.29, 1.82) is 0 Å². The number of carbonyl (C=O) groups excluding carboxylic acids is 1. The van der Waals surface area contributed by atoms with Gasteiger partial charge in [-0.05, 0) is 31.2 Å². The minimum atomic E-state index is -0.000223. The molecule has 6 nitrogen and oxygen atoms in total. The zero-order chi connectivity index (χ0) is 16.7. The highest BCUT2D eigenvalue weighted by Gasteiger charge is 2.16. The maximum absolute atomic E-state index is 11.6. The van der Waals surface area contributed by atoms with Gasteiger partial charge >= 0.3 is 0 Å². The summed E-state index contributed by atoms with van der Waals surface area (Å²) in [6.07, 6.45) is 0. The number of pyridine rings is 1. The van der Waals surface area contributed by atoms with Gasteiger partial charge in [-0.15, -0.1) is 0 Å². The fourth-order valence-corrected chi connectivity index (χ4v) is 2.70. The third-order valence-electron chi connectivity index (χ3n) is 3.87. The molecule has 24 heavy (non-hydrogen) atoms. The van der Waals surface area contributed by atoms with Crippen LogP contribution >= 0.6 is 0 Å². The highest BCUT2D eigenvalue weighted by Crippen LogP contribution is 2.34. The first-order chi connectivity index (χ1) is 11.6. The average molecular weight is 318 g/mol. The lowest BCUT2D eigenvalue weighted by Crippen LogP contribution is -1.99. The highest BCUT2D eigenvalue weighted by atomic mass is 16.5. The van der Waals surface area contributed by atoms with Gasteiger partial charge in [0.1, 0.15) is 11.2 Å². The van der Waals surface area contributed by atoms with Crippen LogP contribution in [0.1, 0.15) is 17.3 Å². The summed E-state index contributed by atoms with van der Waals surface area (Å²) in [5.41, 5.74) is 8.68. The first kappa shape index (κ1) is 14.2.